The van der Waals surface area contributed by atoms with Gasteiger partial charge in [0, 0.05) is 11.9 Å². The SMILES string of the molecule is Cc1ccccc1-n1cc2c(n1)N(c1ccccc1)C(c1ccccc1)S2. The highest BCUT2D eigenvalue weighted by molar-refractivity contribution is 8.00. The molecule has 4 aromatic rings. The minimum absolute atomic E-state index is 0.192. The average molecular weight is 369 g/mol. The van der Waals surface area contributed by atoms with E-state index in [0.717, 1.165) is 17.2 Å². The molecule has 27 heavy (non-hydrogen) atoms. The van der Waals surface area contributed by atoms with Crippen LogP contribution in [-0.4, -0.2) is 9.78 Å². The van der Waals surface area contributed by atoms with E-state index in [-0.39, 0.29) is 5.37 Å². The molecule has 4 heteroatoms. The zero-order valence-corrected chi connectivity index (χ0v) is 15.8. The summed E-state index contributed by atoms with van der Waals surface area (Å²) >= 11 is 1.86. The molecule has 2 heterocycles. The third-order valence-corrected chi connectivity index (χ3v) is 6.09. The van der Waals surface area contributed by atoms with Crippen LogP contribution in [0.4, 0.5) is 11.5 Å². The molecule has 132 valence electrons. The lowest BCUT2D eigenvalue weighted by Crippen LogP contribution is -2.18. The Kier molecular flexibility index (Phi) is 3.98. The summed E-state index contributed by atoms with van der Waals surface area (Å²) in [7, 11) is 0. The van der Waals surface area contributed by atoms with Gasteiger partial charge >= 0.3 is 0 Å². The molecule has 0 N–H and O–H groups in total. The van der Waals surface area contributed by atoms with E-state index in [4.69, 9.17) is 5.10 Å². The lowest BCUT2D eigenvalue weighted by Gasteiger charge is -2.26. The van der Waals surface area contributed by atoms with Crippen molar-refractivity contribution in [3.05, 3.63) is 102 Å². The van der Waals surface area contributed by atoms with Gasteiger partial charge in [0.25, 0.3) is 0 Å². The second-order valence-electron chi connectivity index (χ2n) is 6.63. The van der Waals surface area contributed by atoms with E-state index in [1.54, 1.807) is 0 Å². The minimum Gasteiger partial charge on any atom is -0.307 e. The molecule has 0 spiro atoms. The predicted molar refractivity (Wildman–Crippen MR) is 112 cm³/mol. The summed E-state index contributed by atoms with van der Waals surface area (Å²) in [5, 5.41) is 5.17. The van der Waals surface area contributed by atoms with Crippen molar-refractivity contribution in [3.63, 3.8) is 0 Å². The number of hydrogen-bond acceptors (Lipinski definition) is 3. The predicted octanol–water partition coefficient (Wildman–Crippen LogP) is 6.12. The lowest BCUT2D eigenvalue weighted by atomic mass is 10.2. The topological polar surface area (TPSA) is 21.1 Å². The van der Waals surface area contributed by atoms with Crippen molar-refractivity contribution in [2.75, 3.05) is 4.90 Å². The third kappa shape index (κ3) is 2.82. The van der Waals surface area contributed by atoms with Gasteiger partial charge in [0.2, 0.25) is 0 Å². The van der Waals surface area contributed by atoms with E-state index in [2.05, 4.69) is 103 Å². The van der Waals surface area contributed by atoms with Gasteiger partial charge in [-0.1, -0.05) is 78.5 Å². The molecule has 3 nitrogen and oxygen atoms in total. The second-order valence-corrected chi connectivity index (χ2v) is 7.76. The normalized spacial score (nSPS) is 15.7. The van der Waals surface area contributed by atoms with Crippen LogP contribution in [-0.2, 0) is 0 Å². The number of anilines is 2. The van der Waals surface area contributed by atoms with Gasteiger partial charge < -0.3 is 4.90 Å². The van der Waals surface area contributed by atoms with Gasteiger partial charge in [-0.25, -0.2) is 4.68 Å². The molecule has 1 aliphatic rings. The molecular formula is C23H19N3S. The van der Waals surface area contributed by atoms with E-state index in [1.807, 2.05) is 16.4 Å². The van der Waals surface area contributed by atoms with Crippen LogP contribution in [0.15, 0.2) is 96.0 Å². The van der Waals surface area contributed by atoms with E-state index in [9.17, 15) is 0 Å². The molecule has 0 amide bonds. The third-order valence-electron chi connectivity index (χ3n) is 4.85. The van der Waals surface area contributed by atoms with Gasteiger partial charge in [0.05, 0.1) is 10.6 Å². The summed E-state index contributed by atoms with van der Waals surface area (Å²) < 4.78 is 2.00. The van der Waals surface area contributed by atoms with Crippen LogP contribution in [0.5, 0.6) is 0 Å². The lowest BCUT2D eigenvalue weighted by molar-refractivity contribution is 0.841. The maximum Gasteiger partial charge on any atom is 0.170 e. The van der Waals surface area contributed by atoms with Gasteiger partial charge in [0.15, 0.2) is 5.82 Å². The molecule has 5 rings (SSSR count). The van der Waals surface area contributed by atoms with E-state index >= 15 is 0 Å². The number of aromatic nitrogens is 2. The first-order chi connectivity index (χ1) is 13.3. The molecule has 1 aromatic heterocycles. The van der Waals surface area contributed by atoms with Gasteiger partial charge in [-0.15, -0.1) is 5.10 Å². The Hall–Kier alpha value is -2.98. The Morgan fingerprint density at radius 3 is 2.22 bits per heavy atom. The number of nitrogens with zero attached hydrogens (tertiary/aromatic N) is 3. The summed E-state index contributed by atoms with van der Waals surface area (Å²) in [5.41, 5.74) is 4.78. The maximum atomic E-state index is 4.98. The first kappa shape index (κ1) is 16.2. The van der Waals surface area contributed by atoms with Gasteiger partial charge in [-0.05, 0) is 36.2 Å². The number of hydrogen-bond donors (Lipinski definition) is 0. The highest BCUT2D eigenvalue weighted by Gasteiger charge is 2.35. The van der Waals surface area contributed by atoms with Crippen molar-refractivity contribution in [1.82, 2.24) is 9.78 Å². The number of para-hydroxylation sites is 2. The monoisotopic (exact) mass is 369 g/mol. The highest BCUT2D eigenvalue weighted by Crippen LogP contribution is 2.54. The standard InChI is InChI=1S/C23H19N3S/c1-17-10-8-9-15-20(17)25-16-21-22(24-25)26(19-13-6-3-7-14-19)23(27-21)18-11-4-2-5-12-18/h2-16,23H,1H3. The molecule has 1 atom stereocenters. The molecular weight excluding hydrogens is 350 g/mol. The number of rotatable bonds is 3. The van der Waals surface area contributed by atoms with Crippen LogP contribution in [0.1, 0.15) is 16.5 Å². The fourth-order valence-electron chi connectivity index (χ4n) is 3.51. The van der Waals surface area contributed by atoms with Gasteiger partial charge in [-0.2, -0.15) is 0 Å². The highest BCUT2D eigenvalue weighted by atomic mass is 32.2. The zero-order chi connectivity index (χ0) is 18.2. The van der Waals surface area contributed by atoms with Crippen LogP contribution < -0.4 is 4.90 Å². The number of fused-ring (bicyclic) bond motifs is 1. The van der Waals surface area contributed by atoms with Crippen molar-refractivity contribution in [2.24, 2.45) is 0 Å². The molecule has 0 saturated heterocycles. The maximum absolute atomic E-state index is 4.98. The van der Waals surface area contributed by atoms with Crippen LogP contribution in [0.3, 0.4) is 0 Å². The molecule has 3 aromatic carbocycles. The zero-order valence-electron chi connectivity index (χ0n) is 15.0. The summed E-state index contributed by atoms with van der Waals surface area (Å²) in [6.07, 6.45) is 2.15. The first-order valence-electron chi connectivity index (χ1n) is 9.03. The first-order valence-corrected chi connectivity index (χ1v) is 9.91. The average Bonchev–Trinajstić information content (AvgIpc) is 3.27. The molecule has 1 unspecified atom stereocenters. The molecule has 1 aliphatic heterocycles. The number of benzene rings is 3. The summed E-state index contributed by atoms with van der Waals surface area (Å²) in [6, 6.07) is 29.5. The van der Waals surface area contributed by atoms with E-state index in [0.29, 0.717) is 0 Å². The Balaban J connectivity index is 1.62. The van der Waals surface area contributed by atoms with E-state index in [1.165, 1.54) is 16.0 Å². The van der Waals surface area contributed by atoms with Crippen LogP contribution in [0, 0.1) is 6.92 Å². The number of thioether (sulfide) groups is 1. The smallest absolute Gasteiger partial charge is 0.170 e. The van der Waals surface area contributed by atoms with Crippen LogP contribution in [0.2, 0.25) is 0 Å². The van der Waals surface area contributed by atoms with Crippen molar-refractivity contribution in [1.29, 1.82) is 0 Å². The molecule has 0 fully saturated rings. The summed E-state index contributed by atoms with van der Waals surface area (Å²) in [6.45, 7) is 2.12. The van der Waals surface area contributed by atoms with Crippen LogP contribution in [0.25, 0.3) is 5.69 Å². The second kappa shape index (κ2) is 6.63. The molecule has 0 bridgehead atoms. The molecule has 0 saturated carbocycles. The fourth-order valence-corrected chi connectivity index (χ4v) is 4.77. The Morgan fingerprint density at radius 1 is 0.815 bits per heavy atom. The van der Waals surface area contributed by atoms with Gasteiger partial charge in [-0.3, -0.25) is 0 Å². The molecule has 0 radical (unpaired) electrons. The van der Waals surface area contributed by atoms with Crippen LogP contribution >= 0.6 is 11.8 Å². The number of aryl methyl sites for hydroxylation is 1. The van der Waals surface area contributed by atoms with Crippen molar-refractivity contribution in [2.45, 2.75) is 17.2 Å². The van der Waals surface area contributed by atoms with Gasteiger partial charge in [0.1, 0.15) is 5.37 Å². The summed E-state index contributed by atoms with van der Waals surface area (Å²) in [5.74, 6) is 1.02. The fraction of sp³-hybridized carbons (Fsp3) is 0.0870. The Labute approximate surface area is 163 Å². The molecule has 0 aliphatic carbocycles. The summed E-state index contributed by atoms with van der Waals surface area (Å²) in [4.78, 5) is 3.54. The van der Waals surface area contributed by atoms with Crippen molar-refractivity contribution >= 4 is 23.3 Å². The Morgan fingerprint density at radius 2 is 1.48 bits per heavy atom. The quantitative estimate of drug-likeness (QED) is 0.434. The van der Waals surface area contributed by atoms with E-state index < -0.39 is 0 Å². The largest absolute Gasteiger partial charge is 0.307 e. The Bertz CT molecular complexity index is 1070. The van der Waals surface area contributed by atoms with Crippen molar-refractivity contribution in [3.8, 4) is 5.69 Å². The van der Waals surface area contributed by atoms with Crippen molar-refractivity contribution < 1.29 is 0 Å². The minimum atomic E-state index is 0.192.